The first kappa shape index (κ1) is 16.1. The van der Waals surface area contributed by atoms with E-state index in [1.165, 1.54) is 0 Å². The van der Waals surface area contributed by atoms with Crippen LogP contribution >= 0.6 is 0 Å². The van der Waals surface area contributed by atoms with E-state index in [4.69, 9.17) is 13.9 Å². The maximum Gasteiger partial charge on any atom is 0.334 e. The van der Waals surface area contributed by atoms with Crippen molar-refractivity contribution >= 4 is 11.9 Å². The summed E-state index contributed by atoms with van der Waals surface area (Å²) >= 11 is 0. The SMILES string of the molecule is C[C@]12C[C@H](c3ccoc3)OC(=O)C1[C@H](O)C[C@]13COC(=O)C1=CCCC32. The second-order valence-corrected chi connectivity index (χ2v) is 8.42. The number of aliphatic hydroxyl groups is 1. The van der Waals surface area contributed by atoms with Crippen molar-refractivity contribution in [3.63, 3.8) is 0 Å². The fourth-order valence-electron chi connectivity index (χ4n) is 6.21. The first-order valence-electron chi connectivity index (χ1n) is 9.24. The van der Waals surface area contributed by atoms with Gasteiger partial charge in [0.1, 0.15) is 12.7 Å². The highest BCUT2D eigenvalue weighted by molar-refractivity contribution is 5.93. The molecule has 26 heavy (non-hydrogen) atoms. The van der Waals surface area contributed by atoms with Gasteiger partial charge >= 0.3 is 11.9 Å². The van der Waals surface area contributed by atoms with E-state index >= 15 is 0 Å². The van der Waals surface area contributed by atoms with Crippen LogP contribution in [0.25, 0.3) is 0 Å². The largest absolute Gasteiger partial charge is 0.472 e. The molecule has 3 heterocycles. The Labute approximate surface area is 151 Å². The van der Waals surface area contributed by atoms with Crippen molar-refractivity contribution in [1.29, 1.82) is 0 Å². The predicted octanol–water partition coefficient (Wildman–Crippen LogP) is 2.53. The molecular weight excluding hydrogens is 336 g/mol. The molecule has 1 spiro atoms. The van der Waals surface area contributed by atoms with Gasteiger partial charge in [-0.05, 0) is 43.1 Å². The van der Waals surface area contributed by atoms with Crippen molar-refractivity contribution in [2.45, 2.75) is 44.8 Å². The summed E-state index contributed by atoms with van der Waals surface area (Å²) in [6, 6.07) is 1.81. The topological polar surface area (TPSA) is 86.0 Å². The molecule has 0 radical (unpaired) electrons. The smallest absolute Gasteiger partial charge is 0.334 e. The second-order valence-electron chi connectivity index (χ2n) is 8.42. The summed E-state index contributed by atoms with van der Waals surface area (Å²) < 4.78 is 16.3. The van der Waals surface area contributed by atoms with Gasteiger partial charge in [0.2, 0.25) is 0 Å². The van der Waals surface area contributed by atoms with Crippen LogP contribution in [-0.4, -0.2) is 29.8 Å². The normalized spacial score (nSPS) is 44.3. The van der Waals surface area contributed by atoms with Gasteiger partial charge in [-0.25, -0.2) is 4.79 Å². The maximum atomic E-state index is 12.9. The van der Waals surface area contributed by atoms with Crippen molar-refractivity contribution in [2.75, 3.05) is 6.61 Å². The van der Waals surface area contributed by atoms with Crippen LogP contribution < -0.4 is 0 Å². The standard InChI is InChI=1S/C20H22O6/c1-19-8-14(11-5-6-24-9-11)26-18(23)16(19)13(21)7-20-10-25-17(22)12(20)3-2-4-15(19)20/h3,5-6,9,13-16,21H,2,4,7-8,10H2,1H3/t13-,14-,15?,16?,19-,20+/m1/s1. The van der Waals surface area contributed by atoms with E-state index in [0.717, 1.165) is 18.4 Å². The summed E-state index contributed by atoms with van der Waals surface area (Å²) in [7, 11) is 0. The van der Waals surface area contributed by atoms with Gasteiger partial charge < -0.3 is 19.0 Å². The van der Waals surface area contributed by atoms with E-state index in [0.29, 0.717) is 25.0 Å². The predicted molar refractivity (Wildman–Crippen MR) is 88.6 cm³/mol. The van der Waals surface area contributed by atoms with E-state index < -0.39 is 29.0 Å². The molecule has 3 fully saturated rings. The molecule has 2 aliphatic heterocycles. The van der Waals surface area contributed by atoms with Gasteiger partial charge in [0.25, 0.3) is 0 Å². The van der Waals surface area contributed by atoms with Crippen LogP contribution in [0.3, 0.4) is 0 Å². The Bertz CT molecular complexity index is 795. The third-order valence-corrected chi connectivity index (χ3v) is 7.21. The molecule has 1 N–H and O–H groups in total. The molecule has 1 aromatic heterocycles. The first-order chi connectivity index (χ1) is 12.5. The van der Waals surface area contributed by atoms with E-state index in [1.54, 1.807) is 12.5 Å². The maximum absolute atomic E-state index is 12.9. The number of fused-ring (bicyclic) bond motifs is 2. The van der Waals surface area contributed by atoms with Crippen molar-refractivity contribution in [3.8, 4) is 0 Å². The Morgan fingerprint density at radius 2 is 2.12 bits per heavy atom. The molecule has 2 aliphatic carbocycles. The van der Waals surface area contributed by atoms with Crippen LogP contribution in [0, 0.1) is 22.7 Å². The minimum absolute atomic E-state index is 0.0945. The average Bonchev–Trinajstić information content (AvgIpc) is 3.22. The van der Waals surface area contributed by atoms with Gasteiger partial charge in [0, 0.05) is 16.6 Å². The molecule has 0 bridgehead atoms. The zero-order chi connectivity index (χ0) is 18.1. The number of esters is 2. The summed E-state index contributed by atoms with van der Waals surface area (Å²) in [5.41, 5.74) is 0.574. The lowest BCUT2D eigenvalue weighted by atomic mass is 9.45. The Kier molecular flexibility index (Phi) is 3.24. The molecule has 6 nitrogen and oxygen atoms in total. The van der Waals surface area contributed by atoms with Gasteiger partial charge in [-0.2, -0.15) is 0 Å². The molecule has 6 atom stereocenters. The van der Waals surface area contributed by atoms with Crippen molar-refractivity contribution in [3.05, 3.63) is 35.8 Å². The lowest BCUT2D eigenvalue weighted by molar-refractivity contribution is -0.210. The zero-order valence-corrected chi connectivity index (χ0v) is 14.6. The quantitative estimate of drug-likeness (QED) is 0.777. The summed E-state index contributed by atoms with van der Waals surface area (Å²) in [4.78, 5) is 25.1. The van der Waals surface area contributed by atoms with Gasteiger partial charge in [0.15, 0.2) is 0 Å². The summed E-state index contributed by atoms with van der Waals surface area (Å²) in [6.45, 7) is 2.37. The third kappa shape index (κ3) is 1.91. The zero-order valence-electron chi connectivity index (χ0n) is 14.6. The molecule has 4 aliphatic rings. The van der Waals surface area contributed by atoms with Crippen LogP contribution in [0.2, 0.25) is 0 Å². The number of carbonyl (C=O) groups is 2. The number of hydrogen-bond acceptors (Lipinski definition) is 6. The Morgan fingerprint density at radius 1 is 1.27 bits per heavy atom. The van der Waals surface area contributed by atoms with Gasteiger partial charge in [-0.1, -0.05) is 13.0 Å². The fourth-order valence-corrected chi connectivity index (χ4v) is 6.21. The number of rotatable bonds is 1. The number of furan rings is 1. The van der Waals surface area contributed by atoms with Gasteiger partial charge in [0.05, 0.1) is 24.5 Å². The fraction of sp³-hybridized carbons (Fsp3) is 0.600. The van der Waals surface area contributed by atoms with E-state index in [2.05, 4.69) is 6.92 Å². The van der Waals surface area contributed by atoms with Crippen LogP contribution in [0.15, 0.2) is 34.7 Å². The summed E-state index contributed by atoms with van der Waals surface area (Å²) in [5.74, 6) is -1.10. The van der Waals surface area contributed by atoms with Crippen LogP contribution in [-0.2, 0) is 19.1 Å². The number of ether oxygens (including phenoxy) is 2. The monoisotopic (exact) mass is 358 g/mol. The minimum atomic E-state index is -0.843. The molecule has 1 saturated carbocycles. The number of cyclic esters (lactones) is 2. The highest BCUT2D eigenvalue weighted by atomic mass is 16.6. The van der Waals surface area contributed by atoms with Gasteiger partial charge in [-0.3, -0.25) is 4.79 Å². The average molecular weight is 358 g/mol. The van der Waals surface area contributed by atoms with Crippen molar-refractivity contribution < 1.29 is 28.6 Å². The summed E-state index contributed by atoms with van der Waals surface area (Å²) in [5, 5.41) is 10.9. The molecule has 5 rings (SSSR count). The number of aliphatic hydroxyl groups excluding tert-OH is 1. The first-order valence-corrected chi connectivity index (χ1v) is 9.24. The summed E-state index contributed by atoms with van der Waals surface area (Å²) in [6.07, 6.45) is 6.56. The van der Waals surface area contributed by atoms with E-state index in [9.17, 15) is 14.7 Å². The minimum Gasteiger partial charge on any atom is -0.472 e. The molecule has 1 aromatic rings. The number of carbonyl (C=O) groups excluding carboxylic acids is 2. The molecule has 6 heteroatoms. The number of allylic oxidation sites excluding steroid dienone is 1. The highest BCUT2D eigenvalue weighted by Gasteiger charge is 2.67. The van der Waals surface area contributed by atoms with Gasteiger partial charge in [-0.15, -0.1) is 0 Å². The molecule has 138 valence electrons. The second kappa shape index (κ2) is 5.22. The Balaban J connectivity index is 1.60. The lowest BCUT2D eigenvalue weighted by Crippen LogP contribution is -2.61. The molecule has 2 unspecified atom stereocenters. The molecule has 0 aromatic carbocycles. The Hall–Kier alpha value is -2.08. The highest BCUT2D eigenvalue weighted by Crippen LogP contribution is 2.66. The Morgan fingerprint density at radius 3 is 2.88 bits per heavy atom. The lowest BCUT2D eigenvalue weighted by Gasteiger charge is -2.59. The van der Waals surface area contributed by atoms with Crippen LogP contribution in [0.1, 0.15) is 44.3 Å². The van der Waals surface area contributed by atoms with Crippen LogP contribution in [0.4, 0.5) is 0 Å². The molecular formula is C20H22O6. The van der Waals surface area contributed by atoms with E-state index in [1.807, 2.05) is 12.1 Å². The van der Waals surface area contributed by atoms with Crippen molar-refractivity contribution in [2.24, 2.45) is 22.7 Å². The third-order valence-electron chi connectivity index (χ3n) is 7.21. The molecule has 0 amide bonds. The molecule has 2 saturated heterocycles. The van der Waals surface area contributed by atoms with Crippen LogP contribution in [0.5, 0.6) is 0 Å². The van der Waals surface area contributed by atoms with Crippen molar-refractivity contribution in [1.82, 2.24) is 0 Å². The number of hydrogen-bond donors (Lipinski definition) is 1. The van der Waals surface area contributed by atoms with E-state index in [-0.39, 0.29) is 17.9 Å².